The lowest BCUT2D eigenvalue weighted by atomic mass is 10.1. The summed E-state index contributed by atoms with van der Waals surface area (Å²) in [4.78, 5) is 47.0. The van der Waals surface area contributed by atoms with Crippen molar-refractivity contribution in [2.45, 2.75) is 90.5 Å². The zero-order valence-corrected chi connectivity index (χ0v) is 19.1. The van der Waals surface area contributed by atoms with Crippen molar-refractivity contribution in [2.24, 2.45) is 0 Å². The topological polar surface area (TPSA) is 140 Å². The zero-order chi connectivity index (χ0) is 24.2. The fourth-order valence-electron chi connectivity index (χ4n) is 2.19. The van der Waals surface area contributed by atoms with Crippen LogP contribution in [0.5, 0.6) is 0 Å². The van der Waals surface area contributed by atoms with Gasteiger partial charge in [0, 0.05) is 6.42 Å². The molecule has 0 saturated heterocycles. The van der Waals surface area contributed by atoms with Gasteiger partial charge in [0.15, 0.2) is 0 Å². The van der Waals surface area contributed by atoms with Gasteiger partial charge in [0.25, 0.3) is 0 Å². The first-order valence-electron chi connectivity index (χ1n) is 9.96. The predicted molar refractivity (Wildman–Crippen MR) is 112 cm³/mol. The number of hydrogen-bond acceptors (Lipinski definition) is 7. The number of carbonyl (C=O) groups excluding carboxylic acids is 3. The molecular formula is C21H34N2O8. The average Bonchev–Trinajstić information content (AvgIpc) is 2.56. The van der Waals surface area contributed by atoms with Gasteiger partial charge in [0.05, 0.1) is 6.61 Å². The van der Waals surface area contributed by atoms with E-state index in [2.05, 4.69) is 16.6 Å². The molecule has 0 radical (unpaired) electrons. The van der Waals surface area contributed by atoms with Crippen molar-refractivity contribution in [1.29, 1.82) is 0 Å². The second kappa shape index (κ2) is 12.7. The van der Waals surface area contributed by atoms with Crippen molar-refractivity contribution in [3.05, 3.63) is 0 Å². The third kappa shape index (κ3) is 14.6. The lowest BCUT2D eigenvalue weighted by molar-refractivity contribution is -0.146. The number of amides is 2. The number of carboxylic acid groups (broad SMARTS) is 1. The third-order valence-corrected chi connectivity index (χ3v) is 3.42. The van der Waals surface area contributed by atoms with E-state index in [0.717, 1.165) is 0 Å². The van der Waals surface area contributed by atoms with Crippen LogP contribution >= 0.6 is 0 Å². The van der Waals surface area contributed by atoms with E-state index in [-0.39, 0.29) is 19.4 Å². The van der Waals surface area contributed by atoms with Gasteiger partial charge in [-0.2, -0.15) is 0 Å². The molecule has 2 amide bonds. The molecule has 0 aliphatic heterocycles. The molecule has 31 heavy (non-hydrogen) atoms. The van der Waals surface area contributed by atoms with Crippen molar-refractivity contribution in [3.8, 4) is 12.3 Å². The predicted octanol–water partition coefficient (Wildman–Crippen LogP) is 2.59. The van der Waals surface area contributed by atoms with Crippen molar-refractivity contribution >= 4 is 24.1 Å². The van der Waals surface area contributed by atoms with Gasteiger partial charge in [-0.3, -0.25) is 0 Å². The van der Waals surface area contributed by atoms with Crippen LogP contribution in [0, 0.1) is 12.3 Å². The first-order valence-corrected chi connectivity index (χ1v) is 9.96. The highest BCUT2D eigenvalue weighted by molar-refractivity contribution is 5.82. The Kier molecular flexibility index (Phi) is 11.5. The van der Waals surface area contributed by atoms with E-state index in [1.165, 1.54) is 0 Å². The standard InChI is InChI=1S/C21H34N2O8/c1-8-11-15(23-19(28)31-21(5,6)7)17(26)29-13-10-9-12-14(16(24)25)22-18(27)30-20(2,3)4/h1,14-15H,9-13H2,2-7H3,(H,22,27)(H,23,28)(H,24,25). The van der Waals surface area contributed by atoms with Gasteiger partial charge in [-0.15, -0.1) is 12.3 Å². The van der Waals surface area contributed by atoms with Gasteiger partial charge >= 0.3 is 24.1 Å². The highest BCUT2D eigenvalue weighted by Crippen LogP contribution is 2.10. The molecule has 0 aromatic carbocycles. The van der Waals surface area contributed by atoms with E-state index in [0.29, 0.717) is 12.8 Å². The fourth-order valence-corrected chi connectivity index (χ4v) is 2.19. The van der Waals surface area contributed by atoms with Crippen LogP contribution in [0.4, 0.5) is 9.59 Å². The number of unbranched alkanes of at least 4 members (excludes halogenated alkanes) is 1. The Labute approximate surface area is 183 Å². The van der Waals surface area contributed by atoms with E-state index in [4.69, 9.17) is 20.6 Å². The maximum atomic E-state index is 12.2. The number of hydrogen-bond donors (Lipinski definition) is 3. The Hall–Kier alpha value is -2.96. The summed E-state index contributed by atoms with van der Waals surface area (Å²) in [5.41, 5.74) is -1.48. The lowest BCUT2D eigenvalue weighted by Crippen LogP contribution is -2.44. The van der Waals surface area contributed by atoms with Crippen molar-refractivity contribution < 1.29 is 38.5 Å². The summed E-state index contributed by atoms with van der Waals surface area (Å²) in [6.45, 7) is 10.1. The summed E-state index contributed by atoms with van der Waals surface area (Å²) in [6.07, 6.45) is 4.38. The smallest absolute Gasteiger partial charge is 0.408 e. The Morgan fingerprint density at radius 2 is 1.39 bits per heavy atom. The Bertz CT molecular complexity index is 670. The molecule has 0 rings (SSSR count). The van der Waals surface area contributed by atoms with Crippen LogP contribution in [-0.2, 0) is 23.8 Å². The van der Waals surface area contributed by atoms with E-state index < -0.39 is 47.4 Å². The van der Waals surface area contributed by atoms with Crippen molar-refractivity contribution in [1.82, 2.24) is 10.6 Å². The van der Waals surface area contributed by atoms with E-state index in [1.54, 1.807) is 41.5 Å². The zero-order valence-electron chi connectivity index (χ0n) is 19.1. The molecule has 10 nitrogen and oxygen atoms in total. The maximum Gasteiger partial charge on any atom is 0.408 e. The molecule has 2 atom stereocenters. The highest BCUT2D eigenvalue weighted by atomic mass is 16.6. The third-order valence-electron chi connectivity index (χ3n) is 3.42. The van der Waals surface area contributed by atoms with E-state index >= 15 is 0 Å². The average molecular weight is 443 g/mol. The summed E-state index contributed by atoms with van der Waals surface area (Å²) in [6, 6.07) is -2.19. The van der Waals surface area contributed by atoms with Gasteiger partial charge in [-0.25, -0.2) is 19.2 Å². The first-order chi connectivity index (χ1) is 14.1. The molecule has 0 aliphatic rings. The molecule has 0 heterocycles. The molecule has 0 aromatic rings. The van der Waals surface area contributed by atoms with Crippen LogP contribution in [0.1, 0.15) is 67.2 Å². The fraction of sp³-hybridized carbons (Fsp3) is 0.714. The van der Waals surface area contributed by atoms with Crippen LogP contribution in [0.2, 0.25) is 0 Å². The molecule has 176 valence electrons. The number of ether oxygens (including phenoxy) is 3. The van der Waals surface area contributed by atoms with Crippen molar-refractivity contribution in [3.63, 3.8) is 0 Å². The first kappa shape index (κ1) is 28.0. The molecule has 0 aromatic heterocycles. The second-order valence-electron chi connectivity index (χ2n) is 8.81. The van der Waals surface area contributed by atoms with Gasteiger partial charge in [0.1, 0.15) is 23.3 Å². The second-order valence-corrected chi connectivity index (χ2v) is 8.81. The Morgan fingerprint density at radius 3 is 1.81 bits per heavy atom. The molecular weight excluding hydrogens is 408 g/mol. The molecule has 0 spiro atoms. The monoisotopic (exact) mass is 442 g/mol. The minimum Gasteiger partial charge on any atom is -0.480 e. The van der Waals surface area contributed by atoms with Gasteiger partial charge in [-0.1, -0.05) is 0 Å². The number of nitrogens with one attached hydrogen (secondary N) is 2. The quantitative estimate of drug-likeness (QED) is 0.203. The summed E-state index contributed by atoms with van der Waals surface area (Å²) in [7, 11) is 0. The number of alkyl carbamates (subject to hydrolysis) is 2. The summed E-state index contributed by atoms with van der Waals surface area (Å²) < 4.78 is 15.2. The largest absolute Gasteiger partial charge is 0.480 e. The Morgan fingerprint density at radius 1 is 0.903 bits per heavy atom. The van der Waals surface area contributed by atoms with E-state index in [9.17, 15) is 24.3 Å². The molecule has 3 N–H and O–H groups in total. The number of carbonyl (C=O) groups is 4. The minimum atomic E-state index is -1.20. The SMILES string of the molecule is C#CCC(NC(=O)OC(C)(C)C)C(=O)OCCCCC(NC(=O)OC(C)(C)C)C(=O)O. The Balaban J connectivity index is 4.46. The number of terminal acetylenes is 1. The van der Waals surface area contributed by atoms with Crippen LogP contribution < -0.4 is 10.6 Å². The molecule has 0 bridgehead atoms. The summed E-state index contributed by atoms with van der Waals surface area (Å²) >= 11 is 0. The molecule has 0 fully saturated rings. The van der Waals surface area contributed by atoms with Gasteiger partial charge < -0.3 is 30.0 Å². The molecule has 0 aliphatic carbocycles. The molecule has 10 heteroatoms. The van der Waals surface area contributed by atoms with Crippen LogP contribution in [0.3, 0.4) is 0 Å². The van der Waals surface area contributed by atoms with Gasteiger partial charge in [-0.05, 0) is 60.8 Å². The number of rotatable bonds is 10. The maximum absolute atomic E-state index is 12.2. The van der Waals surface area contributed by atoms with Crippen molar-refractivity contribution in [2.75, 3.05) is 6.61 Å². The molecule has 2 unspecified atom stereocenters. The molecule has 0 saturated carbocycles. The van der Waals surface area contributed by atoms with Crippen LogP contribution in [-0.4, -0.2) is 59.1 Å². The normalized spacial score (nSPS) is 13.2. The minimum absolute atomic E-state index is 0.00528. The van der Waals surface area contributed by atoms with Crippen LogP contribution in [0.15, 0.2) is 0 Å². The number of aliphatic carboxylic acids is 1. The summed E-state index contributed by atoms with van der Waals surface area (Å²) in [5.74, 6) is 0.379. The van der Waals surface area contributed by atoms with E-state index in [1.807, 2.05) is 0 Å². The number of carboxylic acids is 1. The number of esters is 1. The summed E-state index contributed by atoms with van der Waals surface area (Å²) in [5, 5.41) is 13.9. The lowest BCUT2D eigenvalue weighted by Gasteiger charge is -2.22. The van der Waals surface area contributed by atoms with Crippen LogP contribution in [0.25, 0.3) is 0 Å². The van der Waals surface area contributed by atoms with Gasteiger partial charge in [0.2, 0.25) is 0 Å². The highest BCUT2D eigenvalue weighted by Gasteiger charge is 2.26.